The van der Waals surface area contributed by atoms with Gasteiger partial charge in [0.1, 0.15) is 15.9 Å². The van der Waals surface area contributed by atoms with E-state index in [0.29, 0.717) is 17.2 Å². The molecular weight excluding hydrogens is 383 g/mol. The number of rotatable bonds is 7. The molecule has 0 unspecified atom stereocenters. The molecule has 0 aliphatic carbocycles. The van der Waals surface area contributed by atoms with Crippen molar-refractivity contribution in [2.45, 2.75) is 23.4 Å². The number of carbonyl (C=O) groups is 1. The molecule has 2 aromatic carbocycles. The van der Waals surface area contributed by atoms with E-state index < -0.39 is 0 Å². The molecule has 0 saturated heterocycles. The number of thioether (sulfide) groups is 1. The van der Waals surface area contributed by atoms with Crippen molar-refractivity contribution in [2.75, 3.05) is 12.4 Å². The summed E-state index contributed by atoms with van der Waals surface area (Å²) in [5.74, 6) is 0.964. The smallest absolute Gasteiger partial charge is 0.230 e. The lowest BCUT2D eigenvalue weighted by Crippen LogP contribution is -2.15. The largest absolute Gasteiger partial charge is 0.495 e. The summed E-state index contributed by atoms with van der Waals surface area (Å²) in [6.45, 7) is 1.97. The van der Waals surface area contributed by atoms with Crippen LogP contribution in [0.25, 0.3) is 0 Å². The Morgan fingerprint density at radius 1 is 1.26 bits per heavy atom. The SMILES string of the molecule is COc1cc(C)ccc1NC(=O)Cc1csc(SCc2ccc(F)cc2)n1. The Kier molecular flexibility index (Phi) is 6.47. The zero-order chi connectivity index (χ0) is 19.2. The third kappa shape index (κ3) is 5.55. The Bertz CT molecular complexity index is 926. The predicted octanol–water partition coefficient (Wildman–Crippen LogP) is 5.07. The summed E-state index contributed by atoms with van der Waals surface area (Å²) in [5, 5.41) is 4.76. The molecule has 0 atom stereocenters. The summed E-state index contributed by atoms with van der Waals surface area (Å²) < 4.78 is 19.1. The number of hydrogen-bond acceptors (Lipinski definition) is 5. The van der Waals surface area contributed by atoms with Gasteiger partial charge in [-0.25, -0.2) is 9.37 Å². The Hall–Kier alpha value is -2.38. The molecule has 1 N–H and O–H groups in total. The van der Waals surface area contributed by atoms with Gasteiger partial charge in [-0.05, 0) is 42.3 Å². The zero-order valence-electron chi connectivity index (χ0n) is 15.0. The van der Waals surface area contributed by atoms with Gasteiger partial charge in [0.15, 0.2) is 0 Å². The van der Waals surface area contributed by atoms with Crippen molar-refractivity contribution in [3.05, 3.63) is 70.5 Å². The van der Waals surface area contributed by atoms with Crippen LogP contribution in [-0.4, -0.2) is 18.0 Å². The second-order valence-electron chi connectivity index (χ2n) is 5.95. The van der Waals surface area contributed by atoms with Crippen molar-refractivity contribution in [3.63, 3.8) is 0 Å². The minimum Gasteiger partial charge on any atom is -0.495 e. The van der Waals surface area contributed by atoms with E-state index in [1.165, 1.54) is 23.5 Å². The highest BCUT2D eigenvalue weighted by molar-refractivity contribution is 8.00. The first-order valence-electron chi connectivity index (χ1n) is 8.29. The number of halogens is 1. The van der Waals surface area contributed by atoms with Crippen LogP contribution in [0.3, 0.4) is 0 Å². The summed E-state index contributed by atoms with van der Waals surface area (Å²) in [5.41, 5.74) is 3.47. The van der Waals surface area contributed by atoms with E-state index in [2.05, 4.69) is 10.3 Å². The van der Waals surface area contributed by atoms with Crippen LogP contribution in [0.4, 0.5) is 10.1 Å². The number of aryl methyl sites for hydroxylation is 1. The van der Waals surface area contributed by atoms with E-state index in [4.69, 9.17) is 4.74 Å². The summed E-state index contributed by atoms with van der Waals surface area (Å²) in [6.07, 6.45) is 0.199. The van der Waals surface area contributed by atoms with Gasteiger partial charge in [-0.1, -0.05) is 30.0 Å². The second-order valence-corrected chi connectivity index (χ2v) is 8.03. The van der Waals surface area contributed by atoms with Gasteiger partial charge in [0.05, 0.1) is 24.9 Å². The number of nitrogens with zero attached hydrogens (tertiary/aromatic N) is 1. The number of aromatic nitrogens is 1. The van der Waals surface area contributed by atoms with Crippen LogP contribution in [0.1, 0.15) is 16.8 Å². The van der Waals surface area contributed by atoms with Gasteiger partial charge in [0, 0.05) is 11.1 Å². The predicted molar refractivity (Wildman–Crippen MR) is 108 cm³/mol. The van der Waals surface area contributed by atoms with E-state index in [0.717, 1.165) is 21.2 Å². The molecule has 0 radical (unpaired) electrons. The fraction of sp³-hybridized carbons (Fsp3) is 0.200. The topological polar surface area (TPSA) is 51.2 Å². The van der Waals surface area contributed by atoms with Gasteiger partial charge in [-0.2, -0.15) is 0 Å². The molecular formula is C20H19FN2O2S2. The molecule has 3 rings (SSSR count). The van der Waals surface area contributed by atoms with Crippen LogP contribution in [0.5, 0.6) is 5.75 Å². The highest BCUT2D eigenvalue weighted by Gasteiger charge is 2.11. The van der Waals surface area contributed by atoms with Gasteiger partial charge in [-0.15, -0.1) is 11.3 Å². The lowest BCUT2D eigenvalue weighted by atomic mass is 10.2. The van der Waals surface area contributed by atoms with Crippen LogP contribution in [-0.2, 0) is 17.0 Å². The highest BCUT2D eigenvalue weighted by Crippen LogP contribution is 2.28. The third-order valence-corrected chi connectivity index (χ3v) is 5.92. The standard InChI is InChI=1S/C20H19FN2O2S2/c1-13-3-8-17(18(9-13)25-2)23-19(24)10-16-12-27-20(22-16)26-11-14-4-6-15(21)7-5-14/h3-9,12H,10-11H2,1-2H3,(H,23,24). The quantitative estimate of drug-likeness (QED) is 0.561. The van der Waals surface area contributed by atoms with Crippen molar-refractivity contribution in [3.8, 4) is 5.75 Å². The Balaban J connectivity index is 1.55. The average Bonchev–Trinajstić information content (AvgIpc) is 3.10. The molecule has 7 heteroatoms. The van der Waals surface area contributed by atoms with Crippen molar-refractivity contribution < 1.29 is 13.9 Å². The molecule has 0 saturated carbocycles. The van der Waals surface area contributed by atoms with E-state index in [1.807, 2.05) is 30.5 Å². The number of hydrogen-bond donors (Lipinski definition) is 1. The number of benzene rings is 2. The second kappa shape index (κ2) is 9.01. The normalized spacial score (nSPS) is 10.6. The van der Waals surface area contributed by atoms with Gasteiger partial charge in [0.25, 0.3) is 0 Å². The Morgan fingerprint density at radius 2 is 2.04 bits per heavy atom. The summed E-state index contributed by atoms with van der Waals surface area (Å²) in [4.78, 5) is 16.8. The van der Waals surface area contributed by atoms with Gasteiger partial charge in [0.2, 0.25) is 5.91 Å². The fourth-order valence-corrected chi connectivity index (χ4v) is 4.22. The van der Waals surface area contributed by atoms with E-state index >= 15 is 0 Å². The van der Waals surface area contributed by atoms with Gasteiger partial charge in [-0.3, -0.25) is 4.79 Å². The average molecular weight is 403 g/mol. The monoisotopic (exact) mass is 402 g/mol. The van der Waals surface area contributed by atoms with Crippen LogP contribution in [0.2, 0.25) is 0 Å². The highest BCUT2D eigenvalue weighted by atomic mass is 32.2. The molecule has 27 heavy (non-hydrogen) atoms. The van der Waals surface area contributed by atoms with Crippen LogP contribution >= 0.6 is 23.1 Å². The molecule has 0 spiro atoms. The summed E-state index contributed by atoms with van der Waals surface area (Å²) in [6, 6.07) is 12.1. The maximum atomic E-state index is 12.9. The summed E-state index contributed by atoms with van der Waals surface area (Å²) >= 11 is 3.08. The van der Waals surface area contributed by atoms with Crippen molar-refractivity contribution in [1.82, 2.24) is 4.98 Å². The van der Waals surface area contributed by atoms with Gasteiger partial charge >= 0.3 is 0 Å². The summed E-state index contributed by atoms with van der Waals surface area (Å²) in [7, 11) is 1.58. The third-order valence-electron chi connectivity index (χ3n) is 3.78. The Labute approximate surface area is 165 Å². The number of carbonyl (C=O) groups excluding carboxylic acids is 1. The van der Waals surface area contributed by atoms with Crippen molar-refractivity contribution in [1.29, 1.82) is 0 Å². The number of ether oxygens (including phenoxy) is 1. The fourth-order valence-electron chi connectivity index (χ4n) is 2.42. The lowest BCUT2D eigenvalue weighted by molar-refractivity contribution is -0.115. The number of amides is 1. The zero-order valence-corrected chi connectivity index (χ0v) is 16.6. The molecule has 3 aromatic rings. The van der Waals surface area contributed by atoms with Crippen molar-refractivity contribution >= 4 is 34.7 Å². The molecule has 0 bridgehead atoms. The minimum atomic E-state index is -0.239. The van der Waals surface area contributed by atoms with E-state index in [9.17, 15) is 9.18 Å². The van der Waals surface area contributed by atoms with E-state index in [-0.39, 0.29) is 18.1 Å². The number of methoxy groups -OCH3 is 1. The maximum Gasteiger partial charge on any atom is 0.230 e. The first-order valence-corrected chi connectivity index (χ1v) is 10.2. The maximum absolute atomic E-state index is 12.9. The number of thiazole rings is 1. The van der Waals surface area contributed by atoms with Gasteiger partial charge < -0.3 is 10.1 Å². The molecule has 140 valence electrons. The van der Waals surface area contributed by atoms with Crippen LogP contribution in [0, 0.1) is 12.7 Å². The molecule has 0 fully saturated rings. The molecule has 4 nitrogen and oxygen atoms in total. The minimum absolute atomic E-state index is 0.141. The number of nitrogens with one attached hydrogen (secondary N) is 1. The Morgan fingerprint density at radius 3 is 2.78 bits per heavy atom. The van der Waals surface area contributed by atoms with Crippen LogP contribution in [0.15, 0.2) is 52.2 Å². The lowest BCUT2D eigenvalue weighted by Gasteiger charge is -2.10. The first kappa shape index (κ1) is 19.4. The van der Waals surface area contributed by atoms with E-state index in [1.54, 1.807) is 31.0 Å². The van der Waals surface area contributed by atoms with Crippen LogP contribution < -0.4 is 10.1 Å². The molecule has 0 aliphatic rings. The molecule has 1 heterocycles. The molecule has 1 aromatic heterocycles. The first-order chi connectivity index (χ1) is 13.0. The molecule has 0 aliphatic heterocycles. The van der Waals surface area contributed by atoms with Crippen molar-refractivity contribution in [2.24, 2.45) is 0 Å². The number of anilines is 1. The molecule has 1 amide bonds.